The van der Waals surface area contributed by atoms with Crippen LogP contribution in [0.1, 0.15) is 16.1 Å². The smallest absolute Gasteiger partial charge is 0.337 e. The third-order valence-electron chi connectivity index (χ3n) is 2.42. The molecule has 0 unspecified atom stereocenters. The molecular formula is C12H12N4O2S. The average Bonchev–Trinajstić information content (AvgIpc) is 2.42. The fourth-order valence-corrected chi connectivity index (χ4v) is 1.63. The van der Waals surface area contributed by atoms with Crippen molar-refractivity contribution in [2.24, 2.45) is 0 Å². The van der Waals surface area contributed by atoms with E-state index in [0.717, 1.165) is 0 Å². The molecule has 7 heteroatoms. The van der Waals surface area contributed by atoms with Gasteiger partial charge in [0.05, 0.1) is 12.7 Å². The van der Waals surface area contributed by atoms with E-state index in [-0.39, 0.29) is 4.77 Å². The van der Waals surface area contributed by atoms with Crippen LogP contribution < -0.4 is 5.32 Å². The molecule has 0 saturated heterocycles. The largest absolute Gasteiger partial charge is 0.465 e. The second kappa shape index (κ2) is 5.57. The lowest BCUT2D eigenvalue weighted by atomic mass is 10.2. The zero-order chi connectivity index (χ0) is 13.8. The molecule has 6 nitrogen and oxygen atoms in total. The summed E-state index contributed by atoms with van der Waals surface area (Å²) in [6.45, 7) is 1.80. The maximum atomic E-state index is 11.4. The summed E-state index contributed by atoms with van der Waals surface area (Å²) >= 11 is 4.92. The number of hydrogen-bond acceptors (Lipinski definition) is 6. The minimum atomic E-state index is -0.392. The third-order valence-corrected chi connectivity index (χ3v) is 2.60. The predicted molar refractivity (Wildman–Crippen MR) is 73.0 cm³/mol. The topological polar surface area (TPSA) is 79.9 Å². The molecule has 1 aromatic heterocycles. The number of aromatic nitrogens is 3. The predicted octanol–water partition coefficient (Wildman–Crippen LogP) is 2.37. The van der Waals surface area contributed by atoms with Crippen LogP contribution in [0, 0.1) is 11.7 Å². The van der Waals surface area contributed by atoms with Crippen LogP contribution in [0.15, 0.2) is 24.3 Å². The second-order valence-corrected chi connectivity index (χ2v) is 4.16. The zero-order valence-electron chi connectivity index (χ0n) is 10.4. The lowest BCUT2D eigenvalue weighted by Crippen LogP contribution is -2.04. The highest BCUT2D eigenvalue weighted by molar-refractivity contribution is 7.71. The van der Waals surface area contributed by atoms with E-state index in [1.54, 1.807) is 25.1 Å². The Hall–Kier alpha value is -2.28. The number of H-pyrrole nitrogens is 1. The summed E-state index contributed by atoms with van der Waals surface area (Å²) in [4.78, 5) is 15.6. The Bertz CT molecular complexity index is 669. The van der Waals surface area contributed by atoms with Crippen LogP contribution in [0.3, 0.4) is 0 Å². The molecule has 2 aromatic rings. The Kier molecular flexibility index (Phi) is 3.86. The van der Waals surface area contributed by atoms with Crippen molar-refractivity contribution in [1.82, 2.24) is 15.2 Å². The maximum absolute atomic E-state index is 11.4. The number of rotatable bonds is 3. The number of aromatic amines is 1. The zero-order valence-corrected chi connectivity index (χ0v) is 11.2. The molecule has 0 amide bonds. The van der Waals surface area contributed by atoms with Gasteiger partial charge in [-0.05, 0) is 37.3 Å². The van der Waals surface area contributed by atoms with Crippen molar-refractivity contribution in [2.75, 3.05) is 12.4 Å². The van der Waals surface area contributed by atoms with Gasteiger partial charge in [0, 0.05) is 5.69 Å². The standard InChI is InChI=1S/C12H12N4O2S/c1-7-10(14-12(19)16-15-7)13-9-5-3-4-8(6-9)11(17)18-2/h3-6H,1-2H3,(H2,13,14,16,19). The molecule has 0 bridgehead atoms. The van der Waals surface area contributed by atoms with Crippen LogP contribution in [0.4, 0.5) is 11.5 Å². The molecule has 0 aliphatic carbocycles. The molecular weight excluding hydrogens is 264 g/mol. The van der Waals surface area contributed by atoms with Crippen molar-refractivity contribution < 1.29 is 9.53 Å². The SMILES string of the molecule is COC(=O)c1cccc(Nc2nc(=S)[nH]nc2C)c1. The normalized spacial score (nSPS) is 10.0. The van der Waals surface area contributed by atoms with Gasteiger partial charge in [-0.3, -0.25) is 5.10 Å². The van der Waals surface area contributed by atoms with Gasteiger partial charge >= 0.3 is 5.97 Å². The molecule has 2 N–H and O–H groups in total. The number of nitrogens with zero attached hydrogens (tertiary/aromatic N) is 2. The van der Waals surface area contributed by atoms with Crippen LogP contribution >= 0.6 is 12.2 Å². The molecule has 19 heavy (non-hydrogen) atoms. The monoisotopic (exact) mass is 276 g/mol. The molecule has 2 rings (SSSR count). The van der Waals surface area contributed by atoms with E-state index in [1.807, 2.05) is 6.07 Å². The number of benzene rings is 1. The Balaban J connectivity index is 2.31. The Labute approximate surface area is 114 Å². The number of aryl methyl sites for hydroxylation is 1. The van der Waals surface area contributed by atoms with Crippen molar-refractivity contribution in [3.05, 3.63) is 40.3 Å². The van der Waals surface area contributed by atoms with E-state index in [2.05, 4.69) is 25.2 Å². The number of anilines is 2. The van der Waals surface area contributed by atoms with Gasteiger partial charge in [0.2, 0.25) is 4.77 Å². The average molecular weight is 276 g/mol. The molecule has 0 radical (unpaired) electrons. The van der Waals surface area contributed by atoms with Crippen LogP contribution in [0.5, 0.6) is 0 Å². The van der Waals surface area contributed by atoms with E-state index < -0.39 is 5.97 Å². The van der Waals surface area contributed by atoms with Crippen molar-refractivity contribution >= 4 is 29.7 Å². The first kappa shape index (κ1) is 13.2. The van der Waals surface area contributed by atoms with E-state index in [4.69, 9.17) is 12.2 Å². The number of hydrogen-bond donors (Lipinski definition) is 2. The highest BCUT2D eigenvalue weighted by Crippen LogP contribution is 2.17. The van der Waals surface area contributed by atoms with Gasteiger partial charge in [-0.1, -0.05) is 6.07 Å². The quantitative estimate of drug-likeness (QED) is 0.662. The van der Waals surface area contributed by atoms with Crippen molar-refractivity contribution in [1.29, 1.82) is 0 Å². The van der Waals surface area contributed by atoms with Gasteiger partial charge in [0.15, 0.2) is 5.82 Å². The first-order valence-electron chi connectivity index (χ1n) is 5.49. The minimum Gasteiger partial charge on any atom is -0.465 e. The Morgan fingerprint density at radius 1 is 1.47 bits per heavy atom. The van der Waals surface area contributed by atoms with Crippen molar-refractivity contribution in [3.63, 3.8) is 0 Å². The summed E-state index contributed by atoms with van der Waals surface area (Å²) in [6, 6.07) is 6.91. The fourth-order valence-electron chi connectivity index (χ4n) is 1.49. The lowest BCUT2D eigenvalue weighted by molar-refractivity contribution is 0.0601. The Morgan fingerprint density at radius 3 is 3.00 bits per heavy atom. The van der Waals surface area contributed by atoms with Crippen LogP contribution in [0.2, 0.25) is 0 Å². The second-order valence-electron chi connectivity index (χ2n) is 3.77. The minimum absolute atomic E-state index is 0.289. The fraction of sp³-hybridized carbons (Fsp3) is 0.167. The Morgan fingerprint density at radius 2 is 2.26 bits per heavy atom. The highest BCUT2D eigenvalue weighted by atomic mass is 32.1. The van der Waals surface area contributed by atoms with Gasteiger partial charge in [-0.2, -0.15) is 10.1 Å². The molecule has 98 valence electrons. The number of carbonyl (C=O) groups is 1. The summed E-state index contributed by atoms with van der Waals surface area (Å²) in [5.74, 6) is 0.155. The van der Waals surface area contributed by atoms with Gasteiger partial charge < -0.3 is 10.1 Å². The number of carbonyl (C=O) groups excluding carboxylic acids is 1. The van der Waals surface area contributed by atoms with Crippen molar-refractivity contribution in [2.45, 2.75) is 6.92 Å². The van der Waals surface area contributed by atoms with E-state index in [9.17, 15) is 4.79 Å². The van der Waals surface area contributed by atoms with E-state index in [0.29, 0.717) is 22.8 Å². The number of methoxy groups -OCH3 is 1. The number of nitrogens with one attached hydrogen (secondary N) is 2. The maximum Gasteiger partial charge on any atom is 0.337 e. The van der Waals surface area contributed by atoms with Gasteiger partial charge in [0.1, 0.15) is 5.69 Å². The van der Waals surface area contributed by atoms with Crippen molar-refractivity contribution in [3.8, 4) is 0 Å². The van der Waals surface area contributed by atoms with Crippen LogP contribution in [-0.2, 0) is 4.74 Å². The molecule has 0 atom stereocenters. The summed E-state index contributed by atoms with van der Waals surface area (Å²) < 4.78 is 4.96. The molecule has 0 aliphatic rings. The molecule has 1 heterocycles. The van der Waals surface area contributed by atoms with Crippen LogP contribution in [0.25, 0.3) is 0 Å². The molecule has 0 fully saturated rings. The summed E-state index contributed by atoms with van der Waals surface area (Å²) in [5.41, 5.74) is 1.84. The van der Waals surface area contributed by atoms with Crippen LogP contribution in [-0.4, -0.2) is 28.3 Å². The molecule has 1 aromatic carbocycles. The lowest BCUT2D eigenvalue weighted by Gasteiger charge is -2.08. The molecule has 0 aliphatic heterocycles. The summed E-state index contributed by atoms with van der Waals surface area (Å²) in [5, 5.41) is 9.67. The van der Waals surface area contributed by atoms with E-state index in [1.165, 1.54) is 7.11 Å². The molecule has 0 saturated carbocycles. The first-order chi connectivity index (χ1) is 9.10. The highest BCUT2D eigenvalue weighted by Gasteiger charge is 2.07. The number of esters is 1. The number of ether oxygens (including phenoxy) is 1. The van der Waals surface area contributed by atoms with E-state index >= 15 is 0 Å². The molecule has 0 spiro atoms. The van der Waals surface area contributed by atoms with Gasteiger partial charge in [0.25, 0.3) is 0 Å². The summed E-state index contributed by atoms with van der Waals surface area (Å²) in [6.07, 6.45) is 0. The summed E-state index contributed by atoms with van der Waals surface area (Å²) in [7, 11) is 1.34. The van der Waals surface area contributed by atoms with Gasteiger partial charge in [-0.15, -0.1) is 0 Å². The third kappa shape index (κ3) is 3.14. The van der Waals surface area contributed by atoms with Gasteiger partial charge in [-0.25, -0.2) is 4.79 Å². The first-order valence-corrected chi connectivity index (χ1v) is 5.89.